The Bertz CT molecular complexity index is 336. The van der Waals surface area contributed by atoms with Crippen LogP contribution < -0.4 is 5.73 Å². The van der Waals surface area contributed by atoms with Crippen LogP contribution in [0.15, 0.2) is 24.3 Å². The van der Waals surface area contributed by atoms with Crippen molar-refractivity contribution in [2.45, 2.75) is 27.2 Å². The van der Waals surface area contributed by atoms with Gasteiger partial charge in [0, 0.05) is 17.5 Å². The van der Waals surface area contributed by atoms with Crippen molar-refractivity contribution in [3.8, 4) is 0 Å². The van der Waals surface area contributed by atoms with E-state index in [0.717, 1.165) is 17.5 Å². The van der Waals surface area contributed by atoms with Crippen LogP contribution in [0.4, 0.5) is 0 Å². The summed E-state index contributed by atoms with van der Waals surface area (Å²) in [6.07, 6.45) is 0.774. The molecule has 0 radical (unpaired) electrons. The Balaban J connectivity index is 2.98. The molecule has 2 heteroatoms. The fourth-order valence-electron chi connectivity index (χ4n) is 1.45. The molecule has 0 bridgehead atoms. The van der Waals surface area contributed by atoms with E-state index in [1.54, 1.807) is 0 Å². The van der Waals surface area contributed by atoms with Gasteiger partial charge in [0.2, 0.25) is 0 Å². The average Bonchev–Trinajstić information content (AvgIpc) is 2.28. The third-order valence-corrected chi connectivity index (χ3v) is 3.09. The third kappa shape index (κ3) is 2.45. The van der Waals surface area contributed by atoms with Gasteiger partial charge in [0.1, 0.15) is 0 Å². The molecule has 0 amide bonds. The molecule has 0 saturated heterocycles. The molecule has 1 aromatic carbocycles. The minimum atomic E-state index is -0.421. The van der Waals surface area contributed by atoms with E-state index >= 15 is 0 Å². The second-order valence-corrected chi connectivity index (χ2v) is 4.31. The Hall–Kier alpha value is -1.15. The highest BCUT2D eigenvalue weighted by Gasteiger charge is 2.30. The molecule has 0 aliphatic heterocycles. The average molecular weight is 205 g/mol. The number of carbonyl (C=O) groups is 1. The van der Waals surface area contributed by atoms with Crippen LogP contribution in [0, 0.1) is 12.3 Å². The van der Waals surface area contributed by atoms with Crippen molar-refractivity contribution in [1.82, 2.24) is 0 Å². The number of hydrogen-bond acceptors (Lipinski definition) is 2. The maximum atomic E-state index is 12.2. The predicted octanol–water partition coefficient (Wildman–Crippen LogP) is 2.55. The third-order valence-electron chi connectivity index (χ3n) is 3.09. The molecule has 1 rings (SSSR count). The molecule has 2 nitrogen and oxygen atoms in total. The molecule has 0 fully saturated rings. The van der Waals surface area contributed by atoms with Crippen molar-refractivity contribution in [2.24, 2.45) is 11.1 Å². The number of nitrogens with two attached hydrogens (primary N) is 1. The SMILES string of the molecule is CCC(C)(CN)C(=O)c1ccc(C)cc1. The molecule has 1 atom stereocenters. The normalized spacial score (nSPS) is 14.7. The minimum absolute atomic E-state index is 0.146. The molecule has 82 valence electrons. The van der Waals surface area contributed by atoms with Gasteiger partial charge in [-0.15, -0.1) is 0 Å². The molecule has 1 unspecified atom stereocenters. The van der Waals surface area contributed by atoms with Crippen molar-refractivity contribution in [3.63, 3.8) is 0 Å². The van der Waals surface area contributed by atoms with E-state index in [0.29, 0.717) is 6.54 Å². The van der Waals surface area contributed by atoms with Crippen LogP contribution in [0.3, 0.4) is 0 Å². The monoisotopic (exact) mass is 205 g/mol. The Kier molecular flexibility index (Phi) is 3.64. The summed E-state index contributed by atoms with van der Waals surface area (Å²) >= 11 is 0. The van der Waals surface area contributed by atoms with Gasteiger partial charge in [0.05, 0.1) is 0 Å². The summed E-state index contributed by atoms with van der Waals surface area (Å²) in [5.74, 6) is 0.146. The van der Waals surface area contributed by atoms with Gasteiger partial charge in [-0.3, -0.25) is 4.79 Å². The summed E-state index contributed by atoms with van der Waals surface area (Å²) in [6, 6.07) is 7.67. The number of ketones is 1. The van der Waals surface area contributed by atoms with Crippen LogP contribution in [0.5, 0.6) is 0 Å². The number of Topliss-reactive ketones (excluding diaryl/α,β-unsaturated/α-hetero) is 1. The molecule has 15 heavy (non-hydrogen) atoms. The van der Waals surface area contributed by atoms with Crippen LogP contribution >= 0.6 is 0 Å². The first-order chi connectivity index (χ1) is 7.03. The van der Waals surface area contributed by atoms with E-state index in [1.807, 2.05) is 45.0 Å². The summed E-state index contributed by atoms with van der Waals surface area (Å²) in [5, 5.41) is 0. The van der Waals surface area contributed by atoms with Crippen molar-refractivity contribution in [2.75, 3.05) is 6.54 Å². The highest BCUT2D eigenvalue weighted by molar-refractivity contribution is 6.00. The summed E-state index contributed by atoms with van der Waals surface area (Å²) in [6.45, 7) is 6.33. The Morgan fingerprint density at radius 3 is 2.27 bits per heavy atom. The lowest BCUT2D eigenvalue weighted by Crippen LogP contribution is -2.35. The maximum absolute atomic E-state index is 12.2. The molecule has 0 spiro atoms. The van der Waals surface area contributed by atoms with Gasteiger partial charge in [0.15, 0.2) is 5.78 Å². The second-order valence-electron chi connectivity index (χ2n) is 4.31. The number of benzene rings is 1. The van der Waals surface area contributed by atoms with Gasteiger partial charge in [0.25, 0.3) is 0 Å². The van der Waals surface area contributed by atoms with Gasteiger partial charge < -0.3 is 5.73 Å². The van der Waals surface area contributed by atoms with Crippen molar-refractivity contribution in [1.29, 1.82) is 0 Å². The first-order valence-electron chi connectivity index (χ1n) is 5.35. The first-order valence-corrected chi connectivity index (χ1v) is 5.35. The fraction of sp³-hybridized carbons (Fsp3) is 0.462. The molecular formula is C13H19NO. The van der Waals surface area contributed by atoms with Crippen LogP contribution in [0.25, 0.3) is 0 Å². The summed E-state index contributed by atoms with van der Waals surface area (Å²) in [7, 11) is 0. The first kappa shape index (κ1) is 11.9. The summed E-state index contributed by atoms with van der Waals surface area (Å²) in [4.78, 5) is 12.2. The molecule has 0 aromatic heterocycles. The van der Waals surface area contributed by atoms with Crippen molar-refractivity contribution < 1.29 is 4.79 Å². The molecular weight excluding hydrogens is 186 g/mol. The zero-order chi connectivity index (χ0) is 11.5. The Morgan fingerprint density at radius 2 is 1.87 bits per heavy atom. The topological polar surface area (TPSA) is 43.1 Å². The lowest BCUT2D eigenvalue weighted by molar-refractivity contribution is 0.0820. The zero-order valence-electron chi connectivity index (χ0n) is 9.71. The summed E-state index contributed by atoms with van der Waals surface area (Å²) in [5.41, 5.74) is 7.17. The highest BCUT2D eigenvalue weighted by atomic mass is 16.1. The zero-order valence-corrected chi connectivity index (χ0v) is 9.71. The second kappa shape index (κ2) is 4.58. The molecule has 0 aliphatic carbocycles. The number of aryl methyl sites for hydroxylation is 1. The van der Waals surface area contributed by atoms with E-state index in [2.05, 4.69) is 0 Å². The molecule has 1 aromatic rings. The molecule has 2 N–H and O–H groups in total. The summed E-state index contributed by atoms with van der Waals surface area (Å²) < 4.78 is 0. The van der Waals surface area contributed by atoms with E-state index in [9.17, 15) is 4.79 Å². The fourth-order valence-corrected chi connectivity index (χ4v) is 1.45. The minimum Gasteiger partial charge on any atom is -0.329 e. The number of hydrogen-bond donors (Lipinski definition) is 1. The van der Waals surface area contributed by atoms with E-state index < -0.39 is 5.41 Å². The van der Waals surface area contributed by atoms with Crippen LogP contribution in [-0.2, 0) is 0 Å². The predicted molar refractivity (Wildman–Crippen MR) is 63.0 cm³/mol. The van der Waals surface area contributed by atoms with E-state index in [-0.39, 0.29) is 5.78 Å². The van der Waals surface area contributed by atoms with Gasteiger partial charge >= 0.3 is 0 Å². The highest BCUT2D eigenvalue weighted by Crippen LogP contribution is 2.25. The van der Waals surface area contributed by atoms with Gasteiger partial charge in [-0.25, -0.2) is 0 Å². The number of rotatable bonds is 4. The van der Waals surface area contributed by atoms with Crippen LogP contribution in [-0.4, -0.2) is 12.3 Å². The Morgan fingerprint density at radius 1 is 1.33 bits per heavy atom. The molecule has 0 saturated carbocycles. The molecule has 0 aliphatic rings. The Labute approximate surface area is 91.5 Å². The van der Waals surface area contributed by atoms with E-state index in [1.165, 1.54) is 0 Å². The lowest BCUT2D eigenvalue weighted by Gasteiger charge is -2.24. The van der Waals surface area contributed by atoms with Gasteiger partial charge in [-0.2, -0.15) is 0 Å². The standard InChI is InChI=1S/C13H19NO/c1-4-13(3,9-14)12(15)11-7-5-10(2)6-8-11/h5-8H,4,9,14H2,1-3H3. The smallest absolute Gasteiger partial charge is 0.169 e. The number of carbonyl (C=O) groups excluding carboxylic acids is 1. The van der Waals surface area contributed by atoms with Crippen LogP contribution in [0.1, 0.15) is 36.2 Å². The molecule has 0 heterocycles. The quantitative estimate of drug-likeness (QED) is 0.768. The lowest BCUT2D eigenvalue weighted by atomic mass is 9.80. The van der Waals surface area contributed by atoms with E-state index in [4.69, 9.17) is 5.73 Å². The van der Waals surface area contributed by atoms with Crippen LogP contribution in [0.2, 0.25) is 0 Å². The van der Waals surface area contributed by atoms with Crippen molar-refractivity contribution in [3.05, 3.63) is 35.4 Å². The maximum Gasteiger partial charge on any atom is 0.169 e. The van der Waals surface area contributed by atoms with Gasteiger partial charge in [-0.1, -0.05) is 43.7 Å². The van der Waals surface area contributed by atoms with Gasteiger partial charge in [-0.05, 0) is 13.3 Å². The van der Waals surface area contributed by atoms with Crippen molar-refractivity contribution >= 4 is 5.78 Å². The largest absolute Gasteiger partial charge is 0.329 e.